The molecule has 1 aromatic heterocycles. The van der Waals surface area contributed by atoms with Gasteiger partial charge in [0.15, 0.2) is 0 Å². The van der Waals surface area contributed by atoms with Crippen molar-refractivity contribution in [3.8, 4) is 0 Å². The number of likely N-dealkylation sites (N-methyl/N-ethyl adjacent to an activating group) is 1. The molecular weight excluding hydrogens is 226 g/mol. The Kier molecular flexibility index (Phi) is 6.90. The van der Waals surface area contributed by atoms with Gasteiger partial charge in [-0.2, -0.15) is 5.10 Å². The maximum atomic E-state index is 4.36. The van der Waals surface area contributed by atoms with Crippen molar-refractivity contribution in [2.24, 2.45) is 0 Å². The Morgan fingerprint density at radius 2 is 2.17 bits per heavy atom. The molecule has 0 saturated heterocycles. The highest BCUT2D eigenvalue weighted by atomic mass is 15.3. The van der Waals surface area contributed by atoms with Crippen molar-refractivity contribution in [1.82, 2.24) is 25.0 Å². The van der Waals surface area contributed by atoms with E-state index in [4.69, 9.17) is 0 Å². The molecule has 5 nitrogen and oxygen atoms in total. The van der Waals surface area contributed by atoms with Gasteiger partial charge in [0.25, 0.3) is 0 Å². The Bertz CT molecular complexity index is 321. The van der Waals surface area contributed by atoms with Crippen LogP contribution in [0.4, 0.5) is 0 Å². The summed E-state index contributed by atoms with van der Waals surface area (Å²) in [5.41, 5.74) is 0. The lowest BCUT2D eigenvalue weighted by Gasteiger charge is -2.21. The second-order valence-corrected chi connectivity index (χ2v) is 4.88. The third kappa shape index (κ3) is 5.14. The fourth-order valence-electron chi connectivity index (χ4n) is 1.87. The third-order valence-corrected chi connectivity index (χ3v) is 2.92. The molecule has 1 N–H and O–H groups in total. The molecule has 1 rings (SSSR count). The van der Waals surface area contributed by atoms with E-state index in [2.05, 4.69) is 48.0 Å². The molecule has 0 aliphatic carbocycles. The lowest BCUT2D eigenvalue weighted by Crippen LogP contribution is -2.35. The van der Waals surface area contributed by atoms with Gasteiger partial charge in [-0.25, -0.2) is 9.67 Å². The van der Waals surface area contributed by atoms with E-state index in [-0.39, 0.29) is 0 Å². The molecule has 0 atom stereocenters. The highest BCUT2D eigenvalue weighted by molar-refractivity contribution is 4.84. The summed E-state index contributed by atoms with van der Waals surface area (Å²) in [6.07, 6.45) is 2.75. The Morgan fingerprint density at radius 3 is 2.78 bits per heavy atom. The molecular formula is C13H27N5. The maximum absolute atomic E-state index is 4.36. The summed E-state index contributed by atoms with van der Waals surface area (Å²) in [7, 11) is 0. The first-order chi connectivity index (χ1) is 8.67. The molecule has 1 aromatic rings. The van der Waals surface area contributed by atoms with Gasteiger partial charge in [0.2, 0.25) is 0 Å². The third-order valence-electron chi connectivity index (χ3n) is 2.92. The zero-order chi connectivity index (χ0) is 13.4. The maximum Gasteiger partial charge on any atom is 0.141 e. The van der Waals surface area contributed by atoms with E-state index in [9.17, 15) is 0 Å². The van der Waals surface area contributed by atoms with E-state index in [1.54, 1.807) is 6.33 Å². The van der Waals surface area contributed by atoms with Crippen LogP contribution in [-0.2, 0) is 13.1 Å². The first kappa shape index (κ1) is 15.1. The first-order valence-corrected chi connectivity index (χ1v) is 6.99. The number of nitrogens with one attached hydrogen (secondary N) is 1. The molecule has 0 spiro atoms. The quantitative estimate of drug-likeness (QED) is 0.724. The Morgan fingerprint density at radius 1 is 1.39 bits per heavy atom. The molecule has 0 unspecified atom stereocenters. The number of aryl methyl sites for hydroxylation is 1. The fourth-order valence-corrected chi connectivity index (χ4v) is 1.87. The molecule has 0 radical (unpaired) electrons. The average molecular weight is 253 g/mol. The predicted molar refractivity (Wildman–Crippen MR) is 74.4 cm³/mol. The molecule has 18 heavy (non-hydrogen) atoms. The Labute approximate surface area is 111 Å². The van der Waals surface area contributed by atoms with Crippen molar-refractivity contribution in [3.63, 3.8) is 0 Å². The molecule has 5 heteroatoms. The highest BCUT2D eigenvalue weighted by Crippen LogP contribution is 2.01. The van der Waals surface area contributed by atoms with Crippen molar-refractivity contribution < 1.29 is 0 Å². The summed E-state index contributed by atoms with van der Waals surface area (Å²) in [6, 6.07) is 0.549. The minimum Gasteiger partial charge on any atom is -0.313 e. The number of hydrogen-bond acceptors (Lipinski definition) is 4. The molecule has 0 aromatic carbocycles. The van der Waals surface area contributed by atoms with Gasteiger partial charge in [-0.15, -0.1) is 0 Å². The van der Waals surface area contributed by atoms with Gasteiger partial charge >= 0.3 is 0 Å². The molecule has 0 aliphatic rings. The molecule has 0 bridgehead atoms. The number of hydrogen-bond donors (Lipinski definition) is 1. The summed E-state index contributed by atoms with van der Waals surface area (Å²) < 4.78 is 2.01. The predicted octanol–water partition coefficient (Wildman–Crippen LogP) is 1.51. The van der Waals surface area contributed by atoms with E-state index in [1.165, 1.54) is 0 Å². The van der Waals surface area contributed by atoms with Crippen molar-refractivity contribution >= 4 is 0 Å². The zero-order valence-corrected chi connectivity index (χ0v) is 12.2. The minimum absolute atomic E-state index is 0.549. The first-order valence-electron chi connectivity index (χ1n) is 6.99. The van der Waals surface area contributed by atoms with Crippen molar-refractivity contribution in [2.45, 2.75) is 53.2 Å². The van der Waals surface area contributed by atoms with Crippen LogP contribution in [0.1, 0.15) is 39.9 Å². The van der Waals surface area contributed by atoms with Gasteiger partial charge < -0.3 is 5.32 Å². The van der Waals surface area contributed by atoms with Crippen LogP contribution in [0.2, 0.25) is 0 Å². The standard InChI is InChI=1S/C13H27N5/c1-5-8-18-13(15-11-16-18)10-17(6-2)9-7-14-12(3)4/h11-12,14H,5-10H2,1-4H3. The van der Waals surface area contributed by atoms with Gasteiger partial charge in [0.05, 0.1) is 6.54 Å². The highest BCUT2D eigenvalue weighted by Gasteiger charge is 2.09. The summed E-state index contributed by atoms with van der Waals surface area (Å²) in [4.78, 5) is 6.75. The molecule has 0 saturated carbocycles. The Balaban J connectivity index is 2.43. The summed E-state index contributed by atoms with van der Waals surface area (Å²) in [6.45, 7) is 13.7. The molecule has 0 aliphatic heterocycles. The van der Waals surface area contributed by atoms with Crippen LogP contribution in [0.15, 0.2) is 6.33 Å². The second kappa shape index (κ2) is 8.21. The number of rotatable bonds is 9. The van der Waals surface area contributed by atoms with Crippen LogP contribution in [-0.4, -0.2) is 45.3 Å². The molecule has 0 amide bonds. The van der Waals surface area contributed by atoms with Crippen LogP contribution >= 0.6 is 0 Å². The Hall–Kier alpha value is -0.940. The smallest absolute Gasteiger partial charge is 0.141 e. The lowest BCUT2D eigenvalue weighted by atomic mass is 10.3. The van der Waals surface area contributed by atoms with Crippen LogP contribution in [0.3, 0.4) is 0 Å². The normalized spacial score (nSPS) is 11.7. The van der Waals surface area contributed by atoms with Gasteiger partial charge in [-0.3, -0.25) is 4.90 Å². The van der Waals surface area contributed by atoms with Crippen LogP contribution < -0.4 is 5.32 Å². The van der Waals surface area contributed by atoms with Crippen molar-refractivity contribution in [3.05, 3.63) is 12.2 Å². The van der Waals surface area contributed by atoms with Gasteiger partial charge in [0.1, 0.15) is 12.2 Å². The minimum atomic E-state index is 0.549. The summed E-state index contributed by atoms with van der Waals surface area (Å²) in [5.74, 6) is 1.07. The van der Waals surface area contributed by atoms with Crippen LogP contribution in [0.5, 0.6) is 0 Å². The van der Waals surface area contributed by atoms with E-state index >= 15 is 0 Å². The SMILES string of the molecule is CCCn1ncnc1CN(CC)CCNC(C)C. The second-order valence-electron chi connectivity index (χ2n) is 4.88. The fraction of sp³-hybridized carbons (Fsp3) is 0.846. The zero-order valence-electron chi connectivity index (χ0n) is 12.2. The number of aromatic nitrogens is 3. The van der Waals surface area contributed by atoms with E-state index in [1.807, 2.05) is 4.68 Å². The monoisotopic (exact) mass is 253 g/mol. The van der Waals surface area contributed by atoms with Crippen molar-refractivity contribution in [1.29, 1.82) is 0 Å². The average Bonchev–Trinajstić information content (AvgIpc) is 2.75. The van der Waals surface area contributed by atoms with Crippen LogP contribution in [0, 0.1) is 0 Å². The van der Waals surface area contributed by atoms with Crippen LogP contribution in [0.25, 0.3) is 0 Å². The lowest BCUT2D eigenvalue weighted by molar-refractivity contribution is 0.263. The molecule has 0 fully saturated rings. The van der Waals surface area contributed by atoms with E-state index < -0.39 is 0 Å². The van der Waals surface area contributed by atoms with Gasteiger partial charge in [-0.1, -0.05) is 27.7 Å². The van der Waals surface area contributed by atoms with E-state index in [0.29, 0.717) is 6.04 Å². The summed E-state index contributed by atoms with van der Waals surface area (Å²) in [5, 5.41) is 7.71. The molecule has 1 heterocycles. The van der Waals surface area contributed by atoms with Gasteiger partial charge in [-0.05, 0) is 13.0 Å². The summed E-state index contributed by atoms with van der Waals surface area (Å²) >= 11 is 0. The number of nitrogens with zero attached hydrogens (tertiary/aromatic N) is 4. The van der Waals surface area contributed by atoms with E-state index in [0.717, 1.165) is 45.0 Å². The molecule has 104 valence electrons. The van der Waals surface area contributed by atoms with Crippen molar-refractivity contribution in [2.75, 3.05) is 19.6 Å². The largest absolute Gasteiger partial charge is 0.313 e. The topological polar surface area (TPSA) is 46.0 Å². The van der Waals surface area contributed by atoms with Gasteiger partial charge in [0, 0.05) is 25.7 Å².